The van der Waals surface area contributed by atoms with Gasteiger partial charge in [0.1, 0.15) is 5.01 Å². The lowest BCUT2D eigenvalue weighted by Crippen LogP contribution is -2.08. The Kier molecular flexibility index (Phi) is 3.75. The number of nitrogens with zero attached hydrogens (tertiary/aromatic N) is 3. The first-order valence-corrected chi connectivity index (χ1v) is 8.00. The number of hydrogen-bond donors (Lipinski definition) is 1. The maximum Gasteiger partial charge on any atom is 0.183 e. The summed E-state index contributed by atoms with van der Waals surface area (Å²) in [4.78, 5) is 14.2. The molecule has 0 saturated carbocycles. The standard InChI is InChI=1S/C14H14N4S2/c1-9(2)17-14-18-11(8-19-14)12-7-16-13(20-12)10-3-5-15-6-4-10/h3-9H,1-2H3,(H,17,18). The Bertz CT molecular complexity index is 688. The van der Waals surface area contributed by atoms with Crippen LogP contribution < -0.4 is 5.32 Å². The molecule has 20 heavy (non-hydrogen) atoms. The Morgan fingerprint density at radius 3 is 2.75 bits per heavy atom. The SMILES string of the molecule is CC(C)Nc1nc(-c2cnc(-c3ccncc3)s2)cs1. The largest absolute Gasteiger partial charge is 0.359 e. The lowest BCUT2D eigenvalue weighted by atomic mass is 10.3. The molecule has 0 fully saturated rings. The predicted octanol–water partition coefficient (Wildman–Crippen LogP) is 4.15. The minimum Gasteiger partial charge on any atom is -0.359 e. The zero-order valence-electron chi connectivity index (χ0n) is 11.2. The number of rotatable bonds is 4. The number of anilines is 1. The fourth-order valence-electron chi connectivity index (χ4n) is 1.72. The van der Waals surface area contributed by atoms with Gasteiger partial charge in [-0.2, -0.15) is 0 Å². The van der Waals surface area contributed by atoms with Gasteiger partial charge in [0, 0.05) is 35.6 Å². The Morgan fingerprint density at radius 1 is 1.20 bits per heavy atom. The second-order valence-electron chi connectivity index (χ2n) is 4.60. The van der Waals surface area contributed by atoms with Crippen LogP contribution in [0.25, 0.3) is 21.1 Å². The third kappa shape index (κ3) is 2.86. The molecule has 3 aromatic heterocycles. The van der Waals surface area contributed by atoms with Crippen LogP contribution in [-0.4, -0.2) is 21.0 Å². The summed E-state index contributed by atoms with van der Waals surface area (Å²) in [5.74, 6) is 0. The zero-order valence-corrected chi connectivity index (χ0v) is 12.8. The molecule has 3 heterocycles. The maximum absolute atomic E-state index is 4.59. The molecule has 1 N–H and O–H groups in total. The molecule has 0 atom stereocenters. The molecule has 0 aliphatic carbocycles. The highest BCUT2D eigenvalue weighted by Crippen LogP contribution is 2.33. The molecule has 0 amide bonds. The average molecular weight is 302 g/mol. The van der Waals surface area contributed by atoms with Crippen molar-refractivity contribution in [3.8, 4) is 21.1 Å². The van der Waals surface area contributed by atoms with Crippen LogP contribution in [0, 0.1) is 0 Å². The number of thiazole rings is 2. The van der Waals surface area contributed by atoms with E-state index < -0.39 is 0 Å². The summed E-state index contributed by atoms with van der Waals surface area (Å²) >= 11 is 3.27. The van der Waals surface area contributed by atoms with Gasteiger partial charge in [0.05, 0.1) is 10.6 Å². The van der Waals surface area contributed by atoms with Gasteiger partial charge in [0.15, 0.2) is 5.13 Å². The van der Waals surface area contributed by atoms with Gasteiger partial charge in [0.25, 0.3) is 0 Å². The van der Waals surface area contributed by atoms with Gasteiger partial charge in [-0.05, 0) is 26.0 Å². The van der Waals surface area contributed by atoms with Crippen LogP contribution in [0.15, 0.2) is 36.1 Å². The van der Waals surface area contributed by atoms with E-state index in [1.54, 1.807) is 35.1 Å². The summed E-state index contributed by atoms with van der Waals surface area (Å²) < 4.78 is 0. The zero-order chi connectivity index (χ0) is 13.9. The smallest absolute Gasteiger partial charge is 0.183 e. The van der Waals surface area contributed by atoms with Crippen molar-refractivity contribution in [2.45, 2.75) is 19.9 Å². The number of hydrogen-bond acceptors (Lipinski definition) is 6. The van der Waals surface area contributed by atoms with Crippen molar-refractivity contribution in [2.75, 3.05) is 5.32 Å². The Labute approximate surface area is 125 Å². The molecule has 6 heteroatoms. The van der Waals surface area contributed by atoms with Gasteiger partial charge < -0.3 is 5.32 Å². The molecule has 3 rings (SSSR count). The molecule has 0 aliphatic heterocycles. The number of aromatic nitrogens is 3. The van der Waals surface area contributed by atoms with Crippen molar-refractivity contribution < 1.29 is 0 Å². The van der Waals surface area contributed by atoms with E-state index in [0.29, 0.717) is 6.04 Å². The molecule has 3 aromatic rings. The van der Waals surface area contributed by atoms with E-state index in [-0.39, 0.29) is 0 Å². The fourth-order valence-corrected chi connectivity index (χ4v) is 3.54. The molecule has 0 radical (unpaired) electrons. The van der Waals surface area contributed by atoms with Crippen LogP contribution >= 0.6 is 22.7 Å². The molecule has 0 saturated heterocycles. The highest BCUT2D eigenvalue weighted by Gasteiger charge is 2.10. The molecule has 0 spiro atoms. The Hall–Kier alpha value is -1.79. The van der Waals surface area contributed by atoms with Gasteiger partial charge in [-0.25, -0.2) is 9.97 Å². The summed E-state index contributed by atoms with van der Waals surface area (Å²) in [5, 5.41) is 7.33. The van der Waals surface area contributed by atoms with Gasteiger partial charge in [-0.15, -0.1) is 22.7 Å². The minimum absolute atomic E-state index is 0.392. The van der Waals surface area contributed by atoms with Crippen LogP contribution in [0.3, 0.4) is 0 Å². The molecular weight excluding hydrogens is 288 g/mol. The van der Waals surface area contributed by atoms with E-state index in [1.165, 1.54) is 0 Å². The first kappa shape index (κ1) is 13.2. The van der Waals surface area contributed by atoms with Crippen molar-refractivity contribution in [1.82, 2.24) is 15.0 Å². The molecule has 0 unspecified atom stereocenters. The number of pyridine rings is 1. The third-order valence-electron chi connectivity index (χ3n) is 2.60. The van der Waals surface area contributed by atoms with Gasteiger partial charge >= 0.3 is 0 Å². The summed E-state index contributed by atoms with van der Waals surface area (Å²) in [6, 6.07) is 4.33. The fraction of sp³-hybridized carbons (Fsp3) is 0.214. The van der Waals surface area contributed by atoms with E-state index >= 15 is 0 Å². The molecule has 0 bridgehead atoms. The number of nitrogens with one attached hydrogen (secondary N) is 1. The minimum atomic E-state index is 0.392. The molecule has 4 nitrogen and oxygen atoms in total. The summed E-state index contributed by atoms with van der Waals surface area (Å²) in [6.45, 7) is 4.21. The van der Waals surface area contributed by atoms with Crippen molar-refractivity contribution >= 4 is 27.8 Å². The van der Waals surface area contributed by atoms with Crippen LogP contribution in [0.1, 0.15) is 13.8 Å². The lowest BCUT2D eigenvalue weighted by molar-refractivity contribution is 0.897. The third-order valence-corrected chi connectivity index (χ3v) is 4.44. The quantitative estimate of drug-likeness (QED) is 0.786. The first-order chi connectivity index (χ1) is 9.72. The molecule has 0 aliphatic rings. The summed E-state index contributed by atoms with van der Waals surface area (Å²) in [5.41, 5.74) is 2.07. The molecule has 102 valence electrons. The van der Waals surface area contributed by atoms with E-state index in [4.69, 9.17) is 0 Å². The average Bonchev–Trinajstić information content (AvgIpc) is 3.07. The van der Waals surface area contributed by atoms with Crippen molar-refractivity contribution in [1.29, 1.82) is 0 Å². The topological polar surface area (TPSA) is 50.7 Å². The van der Waals surface area contributed by atoms with E-state index in [0.717, 1.165) is 26.3 Å². The monoisotopic (exact) mass is 302 g/mol. The van der Waals surface area contributed by atoms with Gasteiger partial charge in [-0.1, -0.05) is 0 Å². The maximum atomic E-state index is 4.59. The highest BCUT2D eigenvalue weighted by atomic mass is 32.1. The van der Waals surface area contributed by atoms with Crippen LogP contribution in [0.4, 0.5) is 5.13 Å². The lowest BCUT2D eigenvalue weighted by Gasteiger charge is -2.04. The normalized spacial score (nSPS) is 10.9. The Balaban J connectivity index is 1.85. The second kappa shape index (κ2) is 5.68. The second-order valence-corrected chi connectivity index (χ2v) is 6.49. The molecular formula is C14H14N4S2. The van der Waals surface area contributed by atoms with E-state index in [1.807, 2.05) is 18.3 Å². The predicted molar refractivity (Wildman–Crippen MR) is 85.2 cm³/mol. The highest BCUT2D eigenvalue weighted by molar-refractivity contribution is 7.19. The van der Waals surface area contributed by atoms with E-state index in [2.05, 4.69) is 39.5 Å². The van der Waals surface area contributed by atoms with Gasteiger partial charge in [0.2, 0.25) is 0 Å². The van der Waals surface area contributed by atoms with E-state index in [9.17, 15) is 0 Å². The summed E-state index contributed by atoms with van der Waals surface area (Å²) in [6.07, 6.45) is 5.45. The Morgan fingerprint density at radius 2 is 2.00 bits per heavy atom. The van der Waals surface area contributed by atoms with Crippen molar-refractivity contribution in [3.05, 3.63) is 36.1 Å². The van der Waals surface area contributed by atoms with Crippen molar-refractivity contribution in [3.63, 3.8) is 0 Å². The summed E-state index contributed by atoms with van der Waals surface area (Å²) in [7, 11) is 0. The van der Waals surface area contributed by atoms with Gasteiger partial charge in [-0.3, -0.25) is 4.98 Å². The molecule has 0 aromatic carbocycles. The van der Waals surface area contributed by atoms with Crippen molar-refractivity contribution in [2.24, 2.45) is 0 Å². The van der Waals surface area contributed by atoms with Crippen LogP contribution in [0.2, 0.25) is 0 Å². The van der Waals surface area contributed by atoms with Crippen LogP contribution in [0.5, 0.6) is 0 Å². The van der Waals surface area contributed by atoms with Crippen LogP contribution in [-0.2, 0) is 0 Å². The first-order valence-electron chi connectivity index (χ1n) is 6.31.